The molecule has 0 aliphatic carbocycles. The van der Waals surface area contributed by atoms with Crippen molar-refractivity contribution in [3.05, 3.63) is 296 Å². The minimum atomic E-state index is -2.20. The molecule has 0 saturated heterocycles. The van der Waals surface area contributed by atoms with Crippen LogP contribution in [0.2, 0.25) is 0 Å². The van der Waals surface area contributed by atoms with E-state index >= 15 is 0 Å². The fraction of sp³-hybridized carbons (Fsp3) is 0.220. The number of pyridine rings is 2. The first-order valence-corrected chi connectivity index (χ1v) is 32.6. The highest BCUT2D eigenvalue weighted by molar-refractivity contribution is 5.88. The van der Waals surface area contributed by atoms with Crippen molar-refractivity contribution in [1.29, 1.82) is 0 Å². The minimum Gasteiger partial charge on any atom is -0.359 e. The summed E-state index contributed by atoms with van der Waals surface area (Å²) in [4.78, 5) is 37.8. The average Bonchev–Trinajstić information content (AvgIpc) is 1.62. The van der Waals surface area contributed by atoms with Crippen LogP contribution < -0.4 is 44.1 Å². The van der Waals surface area contributed by atoms with Gasteiger partial charge < -0.3 is 49.0 Å². The van der Waals surface area contributed by atoms with Gasteiger partial charge in [0.1, 0.15) is 30.8 Å². The lowest BCUT2D eigenvalue weighted by Gasteiger charge is -2.30. The van der Waals surface area contributed by atoms with Gasteiger partial charge in [0.15, 0.2) is 23.3 Å². The summed E-state index contributed by atoms with van der Waals surface area (Å²) in [7, 11) is 0. The Morgan fingerprint density at radius 1 is 0.260 bits per heavy atom. The molecule has 14 nitrogen and oxygen atoms in total. The van der Waals surface area contributed by atoms with Crippen molar-refractivity contribution >= 4 is 85.8 Å². The zero-order chi connectivity index (χ0) is 74.6. The molecule has 0 radical (unpaired) electrons. The molecule has 8 heterocycles. The number of rotatable bonds is 7. The van der Waals surface area contributed by atoms with Crippen molar-refractivity contribution in [3.63, 3.8) is 0 Å². The van der Waals surface area contributed by atoms with Gasteiger partial charge >= 0.3 is 0 Å². The van der Waals surface area contributed by atoms with Crippen LogP contribution in [0.1, 0.15) is 74.8 Å². The molecule has 0 spiro atoms. The van der Waals surface area contributed by atoms with E-state index in [1.165, 1.54) is 37.2 Å². The first kappa shape index (κ1) is 54.3. The van der Waals surface area contributed by atoms with Crippen LogP contribution in [-0.2, 0) is 0 Å². The number of aromatic nitrogens is 4. The molecule has 96 heavy (non-hydrogen) atoms. The highest BCUT2D eigenvalue weighted by Crippen LogP contribution is 2.49. The van der Waals surface area contributed by atoms with Crippen LogP contribution in [0.5, 0.6) is 0 Å². The molecule has 5 aliphatic heterocycles. The van der Waals surface area contributed by atoms with Crippen molar-refractivity contribution in [2.75, 3.05) is 65.0 Å². The lowest BCUT2D eigenvalue weighted by Crippen LogP contribution is -2.36. The van der Waals surface area contributed by atoms with E-state index in [0.29, 0.717) is 11.5 Å². The molecule has 14 heteroatoms. The van der Waals surface area contributed by atoms with Crippen molar-refractivity contribution in [2.45, 2.75) is 100 Å². The largest absolute Gasteiger partial charge is 0.359 e. The standard InChI is InChI=1S/C20H19N3.C19H18N4.C16H18N2.C15H17N3.C12H16N2/c1-15-9-6-7-12-18(15)23-16(2)22(17-10-4-3-5-11-17)20-19(23)13-8-14-21-20;1-14-8-6-7-11-17(14)23-15(2)22(16-9-4-3-5-10-16)18-19(23)21-13-12-20-18;1-12-8-4-5-9-14(12)18-13(2)17(3)15-10-6-7-11-16(15)18;1-11-7-4-5-8-13(11)18-12(2)17(3)14-9-6-10-16-15(14)18;1-10-6-4-5-7-12(10)14-9-8-13(3)11(14)2/h3-14,16H,1-2H3;3-13,15H,1-2H3;4-11,13H,1-3H3;4-10,12H,1-3H3;4-9,11H,1-3H3/t16-;15-;13-;12-;11-/m00000/s1/i;;3*3D3. The van der Waals surface area contributed by atoms with E-state index in [0.717, 1.165) is 79.6 Å². The Labute approximate surface area is 581 Å². The van der Waals surface area contributed by atoms with Gasteiger partial charge in [0.05, 0.1) is 22.7 Å². The Kier molecular flexibility index (Phi) is 16.2. The van der Waals surface area contributed by atoms with E-state index in [4.69, 9.17) is 12.3 Å². The van der Waals surface area contributed by atoms with Gasteiger partial charge in [-0.25, -0.2) is 19.9 Å². The lowest BCUT2D eigenvalue weighted by molar-refractivity contribution is 0.383. The van der Waals surface area contributed by atoms with E-state index < -0.39 is 20.9 Å². The van der Waals surface area contributed by atoms with Crippen molar-refractivity contribution in [3.8, 4) is 0 Å². The number of aryl methyl sites for hydroxylation is 5. The van der Waals surface area contributed by atoms with E-state index in [1.807, 2.05) is 185 Å². The SMILES string of the molecule is Cc1ccccc1N1c2cccnc2N(c2ccccc2)[C@@H]1C.Cc1ccccc1N1c2nccnc2N(c2ccccc2)[C@@H]1C.[2H]C([2H])([2H])N1C=CN(c2ccccc2C)[C@H]1C.[2H]C([2H])([2H])N1c2ccccc2N(c2ccccc2C)[C@H]1C.[2H]C([2H])([2H])N1c2cccnc2N(c2ccccc2C)[C@H]1C. The second-order valence-corrected chi connectivity index (χ2v) is 24.2. The summed E-state index contributed by atoms with van der Waals surface area (Å²) < 4.78 is 69.2. The van der Waals surface area contributed by atoms with Crippen molar-refractivity contribution in [1.82, 2.24) is 24.8 Å². The fourth-order valence-corrected chi connectivity index (χ4v) is 13.2. The third-order valence-corrected chi connectivity index (χ3v) is 18.2. The number of nitrogens with zero attached hydrogens (tertiary/aromatic N) is 14. The summed E-state index contributed by atoms with van der Waals surface area (Å²) >= 11 is 0. The highest BCUT2D eigenvalue weighted by Gasteiger charge is 2.39. The predicted octanol–water partition coefficient (Wildman–Crippen LogP) is 19.3. The van der Waals surface area contributed by atoms with E-state index in [2.05, 4.69) is 175 Å². The number of para-hydroxylation sites is 9. The highest BCUT2D eigenvalue weighted by atomic mass is 15.5. The quantitative estimate of drug-likeness (QED) is 0.152. The third kappa shape index (κ3) is 12.7. The predicted molar refractivity (Wildman–Crippen MR) is 402 cm³/mol. The van der Waals surface area contributed by atoms with Crippen molar-refractivity contribution in [2.24, 2.45) is 0 Å². The molecular weight excluding hydrogens is 1180 g/mol. The second kappa shape index (κ2) is 28.6. The number of benzene rings is 8. The van der Waals surface area contributed by atoms with Gasteiger partial charge in [0, 0.05) is 110 Å². The van der Waals surface area contributed by atoms with Gasteiger partial charge in [-0.05, 0) is 188 Å². The zero-order valence-corrected chi connectivity index (χ0v) is 56.1. The maximum Gasteiger partial charge on any atom is 0.178 e. The Morgan fingerprint density at radius 3 is 1.06 bits per heavy atom. The molecule has 5 aliphatic rings. The maximum atomic E-state index is 7.83. The van der Waals surface area contributed by atoms with Gasteiger partial charge in [-0.2, -0.15) is 0 Å². The normalized spacial score (nSPS) is 19.5. The van der Waals surface area contributed by atoms with Crippen LogP contribution in [0, 0.1) is 34.6 Å². The fourth-order valence-electron chi connectivity index (χ4n) is 13.2. The Morgan fingerprint density at radius 2 is 0.594 bits per heavy atom. The summed E-state index contributed by atoms with van der Waals surface area (Å²) in [6.07, 6.45) is 10.0. The van der Waals surface area contributed by atoms with E-state index in [-0.39, 0.29) is 30.8 Å². The van der Waals surface area contributed by atoms with Gasteiger partial charge in [0.2, 0.25) is 0 Å². The smallest absolute Gasteiger partial charge is 0.178 e. The van der Waals surface area contributed by atoms with Crippen LogP contribution in [0.25, 0.3) is 0 Å². The summed E-state index contributed by atoms with van der Waals surface area (Å²) in [5.41, 5.74) is 17.1. The summed E-state index contributed by atoms with van der Waals surface area (Å²) in [5, 5.41) is 0. The molecule has 0 N–H and O–H groups in total. The van der Waals surface area contributed by atoms with E-state index in [1.54, 1.807) is 30.9 Å². The van der Waals surface area contributed by atoms with Gasteiger partial charge in [-0.15, -0.1) is 0 Å². The molecular formula is C82H88N14. The van der Waals surface area contributed by atoms with Crippen LogP contribution in [0.4, 0.5) is 85.8 Å². The number of fused-ring (bicyclic) bond motifs is 4. The summed E-state index contributed by atoms with van der Waals surface area (Å²) in [5.74, 6) is 3.50. The number of hydrogen-bond acceptors (Lipinski definition) is 14. The monoisotopic (exact) mass is 1280 g/mol. The number of hydrogen-bond donors (Lipinski definition) is 0. The first-order chi connectivity index (χ1) is 50.3. The molecule has 0 amide bonds. The average molecular weight is 1280 g/mol. The Hall–Kier alpha value is -11.1. The number of anilines is 15. The third-order valence-electron chi connectivity index (χ3n) is 18.2. The second-order valence-electron chi connectivity index (χ2n) is 24.2. The van der Waals surface area contributed by atoms with Crippen LogP contribution >= 0.6 is 0 Å². The molecule has 8 aromatic carbocycles. The maximum absolute atomic E-state index is 7.83. The van der Waals surface area contributed by atoms with Gasteiger partial charge in [0.25, 0.3) is 0 Å². The molecule has 0 fully saturated rings. The molecule has 0 saturated carbocycles. The Bertz CT molecular complexity index is 4570. The van der Waals surface area contributed by atoms with Gasteiger partial charge in [-0.1, -0.05) is 140 Å². The van der Waals surface area contributed by atoms with Gasteiger partial charge in [-0.3, -0.25) is 0 Å². The van der Waals surface area contributed by atoms with Crippen molar-refractivity contribution < 1.29 is 12.3 Å². The zero-order valence-electron chi connectivity index (χ0n) is 65.1. The molecule has 11 aromatic rings. The molecule has 0 bridgehead atoms. The molecule has 16 rings (SSSR count). The Balaban J connectivity index is 0.000000124. The molecule has 5 atom stereocenters. The molecule has 3 aromatic heterocycles. The van der Waals surface area contributed by atoms with Crippen LogP contribution in [0.15, 0.2) is 268 Å². The minimum absolute atomic E-state index is 0.107. The summed E-state index contributed by atoms with van der Waals surface area (Å²) in [6.45, 7) is 14.0. The first-order valence-electron chi connectivity index (χ1n) is 37.1. The topological polar surface area (TPSA) is 84.0 Å². The summed E-state index contributed by atoms with van der Waals surface area (Å²) in [6, 6.07) is 77.1. The lowest BCUT2D eigenvalue weighted by atomic mass is 10.1. The molecule has 0 unspecified atom stereocenters. The molecule has 486 valence electrons. The van der Waals surface area contributed by atoms with E-state index in [9.17, 15) is 0 Å². The van der Waals surface area contributed by atoms with Crippen LogP contribution in [0.3, 0.4) is 0 Å². The van der Waals surface area contributed by atoms with Crippen LogP contribution in [-0.4, -0.2) is 76.6 Å².